The summed E-state index contributed by atoms with van der Waals surface area (Å²) in [4.78, 5) is 0. The lowest BCUT2D eigenvalue weighted by Crippen LogP contribution is -2.42. The van der Waals surface area contributed by atoms with Crippen molar-refractivity contribution in [3.63, 3.8) is 0 Å². The molecule has 2 atom stereocenters. The third-order valence-electron chi connectivity index (χ3n) is 3.20. The van der Waals surface area contributed by atoms with Gasteiger partial charge in [0.25, 0.3) is 0 Å². The molecule has 5 heteroatoms. The number of likely N-dealkylation sites (N-methyl/N-ethyl adjacent to an activating group) is 1. The molecule has 1 heterocycles. The Morgan fingerprint density at radius 3 is 2.89 bits per heavy atom. The minimum atomic E-state index is -0.364. The monoisotopic (exact) mass is 303 g/mol. The van der Waals surface area contributed by atoms with Crippen molar-refractivity contribution in [2.45, 2.75) is 24.6 Å². The molecule has 1 aliphatic rings. The molecule has 1 fully saturated rings. The van der Waals surface area contributed by atoms with Crippen molar-refractivity contribution in [2.75, 3.05) is 23.8 Å². The molecule has 1 aromatic rings. The summed E-state index contributed by atoms with van der Waals surface area (Å²) < 4.78 is 27.0. The topological polar surface area (TPSA) is 12.0 Å². The van der Waals surface area contributed by atoms with E-state index in [9.17, 15) is 8.78 Å². The van der Waals surface area contributed by atoms with Crippen LogP contribution in [-0.2, 0) is 6.42 Å². The molecule has 0 spiro atoms. The number of thioether (sulfide) groups is 2. The Hall–Kier alpha value is -0.260. The van der Waals surface area contributed by atoms with E-state index in [1.54, 1.807) is 0 Å². The minimum Gasteiger partial charge on any atom is -0.313 e. The van der Waals surface area contributed by atoms with Crippen LogP contribution < -0.4 is 5.32 Å². The summed E-state index contributed by atoms with van der Waals surface area (Å²) in [5, 5.41) is 3.90. The maximum absolute atomic E-state index is 13.7. The zero-order valence-corrected chi connectivity index (χ0v) is 12.6. The number of hydrogen-bond donors (Lipinski definition) is 1. The highest BCUT2D eigenvalue weighted by molar-refractivity contribution is 8.06. The molecule has 1 aromatic carbocycles. The normalized spacial score (nSPS) is 21.3. The summed E-state index contributed by atoms with van der Waals surface area (Å²) in [6.07, 6.45) is 0.551. The predicted molar refractivity (Wildman–Crippen MR) is 81.1 cm³/mol. The standard InChI is InChI=1S/C14H19F2NS2/c1-2-17-13(14-9-18-5-6-19-14)8-10-7-11(15)3-4-12(10)16/h3-4,7,13-14,17H,2,5-6,8-9H2,1H3. The molecule has 0 bridgehead atoms. The van der Waals surface area contributed by atoms with E-state index < -0.39 is 0 Å². The van der Waals surface area contributed by atoms with E-state index >= 15 is 0 Å². The molecular weight excluding hydrogens is 284 g/mol. The van der Waals surface area contributed by atoms with Gasteiger partial charge in [0.15, 0.2) is 0 Å². The second-order valence-corrected chi connectivity index (χ2v) is 7.09. The second kappa shape index (κ2) is 7.50. The smallest absolute Gasteiger partial charge is 0.126 e. The Morgan fingerprint density at radius 1 is 1.37 bits per heavy atom. The van der Waals surface area contributed by atoms with E-state index in [0.29, 0.717) is 17.2 Å². The molecule has 19 heavy (non-hydrogen) atoms. The van der Waals surface area contributed by atoms with Gasteiger partial charge in [-0.1, -0.05) is 6.92 Å². The van der Waals surface area contributed by atoms with E-state index in [1.165, 1.54) is 24.0 Å². The second-order valence-electron chi connectivity index (χ2n) is 4.59. The van der Waals surface area contributed by atoms with Crippen molar-refractivity contribution < 1.29 is 8.78 Å². The summed E-state index contributed by atoms with van der Waals surface area (Å²) in [5.74, 6) is 2.74. The fraction of sp³-hybridized carbons (Fsp3) is 0.571. The van der Waals surface area contributed by atoms with Crippen molar-refractivity contribution in [1.82, 2.24) is 5.32 Å². The molecule has 106 valence electrons. The van der Waals surface area contributed by atoms with E-state index in [-0.39, 0.29) is 17.7 Å². The summed E-state index contributed by atoms with van der Waals surface area (Å²) in [6, 6.07) is 3.92. The van der Waals surface area contributed by atoms with Gasteiger partial charge in [-0.3, -0.25) is 0 Å². The fourth-order valence-electron chi connectivity index (χ4n) is 2.27. The van der Waals surface area contributed by atoms with E-state index in [0.717, 1.165) is 18.1 Å². The summed E-state index contributed by atoms with van der Waals surface area (Å²) in [7, 11) is 0. The van der Waals surface area contributed by atoms with Crippen molar-refractivity contribution in [3.8, 4) is 0 Å². The average Bonchev–Trinajstić information content (AvgIpc) is 2.43. The van der Waals surface area contributed by atoms with Crippen LogP contribution in [0.25, 0.3) is 0 Å². The highest BCUT2D eigenvalue weighted by Crippen LogP contribution is 2.28. The summed E-state index contributed by atoms with van der Waals surface area (Å²) >= 11 is 3.89. The molecule has 1 saturated heterocycles. The molecule has 2 unspecified atom stereocenters. The molecule has 0 amide bonds. The molecule has 1 N–H and O–H groups in total. The summed E-state index contributed by atoms with van der Waals surface area (Å²) in [5.41, 5.74) is 0.474. The zero-order chi connectivity index (χ0) is 13.7. The van der Waals surface area contributed by atoms with Crippen LogP contribution in [0.4, 0.5) is 8.78 Å². The van der Waals surface area contributed by atoms with Crippen molar-refractivity contribution in [3.05, 3.63) is 35.4 Å². The quantitative estimate of drug-likeness (QED) is 0.896. The van der Waals surface area contributed by atoms with Gasteiger partial charge in [-0.15, -0.1) is 0 Å². The molecule has 1 aliphatic heterocycles. The van der Waals surface area contributed by atoms with E-state index in [4.69, 9.17) is 0 Å². The van der Waals surface area contributed by atoms with Gasteiger partial charge in [-0.05, 0) is 36.7 Å². The highest BCUT2D eigenvalue weighted by atomic mass is 32.2. The van der Waals surface area contributed by atoms with Crippen LogP contribution >= 0.6 is 23.5 Å². The first-order valence-electron chi connectivity index (χ1n) is 6.57. The number of halogens is 2. The van der Waals surface area contributed by atoms with Crippen LogP contribution in [0.5, 0.6) is 0 Å². The Kier molecular flexibility index (Phi) is 5.98. The molecule has 0 radical (unpaired) electrons. The first-order valence-corrected chi connectivity index (χ1v) is 8.77. The van der Waals surface area contributed by atoms with Gasteiger partial charge in [0.05, 0.1) is 0 Å². The molecule has 0 saturated carbocycles. The maximum atomic E-state index is 13.7. The molecule has 1 nitrogen and oxygen atoms in total. The van der Waals surface area contributed by atoms with Gasteiger partial charge < -0.3 is 5.32 Å². The first-order chi connectivity index (χ1) is 9.20. The van der Waals surface area contributed by atoms with Gasteiger partial charge >= 0.3 is 0 Å². The lowest BCUT2D eigenvalue weighted by atomic mass is 10.0. The molecular formula is C14H19F2NS2. The number of nitrogens with one attached hydrogen (secondary N) is 1. The third kappa shape index (κ3) is 4.36. The predicted octanol–water partition coefficient (Wildman–Crippen LogP) is 3.33. The Labute approximate surface area is 121 Å². The van der Waals surface area contributed by atoms with Gasteiger partial charge in [0, 0.05) is 28.6 Å². The Balaban J connectivity index is 2.08. The Morgan fingerprint density at radius 2 is 2.21 bits per heavy atom. The highest BCUT2D eigenvalue weighted by Gasteiger charge is 2.25. The van der Waals surface area contributed by atoms with Crippen LogP contribution in [0.1, 0.15) is 12.5 Å². The number of benzene rings is 1. The van der Waals surface area contributed by atoms with Crippen LogP contribution in [0.15, 0.2) is 18.2 Å². The van der Waals surface area contributed by atoms with Gasteiger partial charge in [-0.25, -0.2) is 8.78 Å². The largest absolute Gasteiger partial charge is 0.313 e. The fourth-order valence-corrected chi connectivity index (χ4v) is 5.16. The van der Waals surface area contributed by atoms with Crippen molar-refractivity contribution in [1.29, 1.82) is 0 Å². The first kappa shape index (κ1) is 15.1. The van der Waals surface area contributed by atoms with Crippen molar-refractivity contribution in [2.24, 2.45) is 0 Å². The van der Waals surface area contributed by atoms with Gasteiger partial charge in [0.1, 0.15) is 11.6 Å². The number of rotatable bonds is 5. The SMILES string of the molecule is CCNC(Cc1cc(F)ccc1F)C1CSCCS1. The average molecular weight is 303 g/mol. The lowest BCUT2D eigenvalue weighted by Gasteiger charge is -2.30. The minimum absolute atomic E-state index is 0.207. The van der Waals surface area contributed by atoms with Crippen LogP contribution in [0.2, 0.25) is 0 Å². The maximum Gasteiger partial charge on any atom is 0.126 e. The molecule has 0 aliphatic carbocycles. The van der Waals surface area contributed by atoms with Gasteiger partial charge in [-0.2, -0.15) is 23.5 Å². The van der Waals surface area contributed by atoms with E-state index in [1.807, 2.05) is 23.5 Å². The van der Waals surface area contributed by atoms with Crippen molar-refractivity contribution >= 4 is 23.5 Å². The third-order valence-corrected chi connectivity index (χ3v) is 6.12. The van der Waals surface area contributed by atoms with Gasteiger partial charge in [0.2, 0.25) is 0 Å². The Bertz CT molecular complexity index is 408. The number of hydrogen-bond acceptors (Lipinski definition) is 3. The zero-order valence-electron chi connectivity index (χ0n) is 11.0. The summed E-state index contributed by atoms with van der Waals surface area (Å²) in [6.45, 7) is 2.90. The molecule has 0 aromatic heterocycles. The van der Waals surface area contributed by atoms with Crippen LogP contribution in [0.3, 0.4) is 0 Å². The van der Waals surface area contributed by atoms with E-state index in [2.05, 4.69) is 12.2 Å². The molecule has 2 rings (SSSR count). The van der Waals surface area contributed by atoms with Crippen LogP contribution in [0, 0.1) is 11.6 Å². The lowest BCUT2D eigenvalue weighted by molar-refractivity contribution is 0.503. The van der Waals surface area contributed by atoms with Crippen LogP contribution in [-0.4, -0.2) is 35.1 Å².